The molecule has 0 aliphatic rings. The van der Waals surface area contributed by atoms with Crippen LogP contribution < -0.4 is 27.2 Å². The first-order chi connectivity index (χ1) is 15.7. The van der Waals surface area contributed by atoms with E-state index in [0.29, 0.717) is 25.2 Å². The van der Waals surface area contributed by atoms with Crippen LogP contribution in [0.1, 0.15) is 38.7 Å². The molecule has 2 aromatic rings. The van der Waals surface area contributed by atoms with Crippen LogP contribution in [0.2, 0.25) is 0 Å². The number of H-pyrrole nitrogens is 1. The molecule has 4 N–H and O–H groups in total. The SMILES string of the molecule is CCCCN(C(=O)CN(C)CC(=O)Nc1ccc(C)cn1)c1c(N)n(CCC)c(=O)[nH]c1=O. The van der Waals surface area contributed by atoms with Gasteiger partial charge in [0.15, 0.2) is 5.69 Å². The van der Waals surface area contributed by atoms with Gasteiger partial charge in [0, 0.05) is 19.3 Å². The Morgan fingerprint density at radius 1 is 1.18 bits per heavy atom. The summed E-state index contributed by atoms with van der Waals surface area (Å²) in [6, 6.07) is 3.53. The topological polar surface area (TPSA) is 146 Å². The second-order valence-corrected chi connectivity index (χ2v) is 7.98. The lowest BCUT2D eigenvalue weighted by Gasteiger charge is -2.26. The van der Waals surface area contributed by atoms with Crippen molar-refractivity contribution >= 4 is 29.1 Å². The van der Waals surface area contributed by atoms with Gasteiger partial charge in [-0.05, 0) is 38.4 Å². The molecule has 2 aromatic heterocycles. The number of rotatable bonds is 11. The summed E-state index contributed by atoms with van der Waals surface area (Å²) in [6.45, 7) is 6.15. The van der Waals surface area contributed by atoms with E-state index >= 15 is 0 Å². The summed E-state index contributed by atoms with van der Waals surface area (Å²) in [5, 5.41) is 2.68. The predicted molar refractivity (Wildman–Crippen MR) is 128 cm³/mol. The van der Waals surface area contributed by atoms with Crippen LogP contribution in [0.5, 0.6) is 0 Å². The van der Waals surface area contributed by atoms with Crippen molar-refractivity contribution < 1.29 is 9.59 Å². The van der Waals surface area contributed by atoms with Crippen LogP contribution in [-0.2, 0) is 16.1 Å². The minimum atomic E-state index is -0.708. The van der Waals surface area contributed by atoms with Crippen molar-refractivity contribution in [1.82, 2.24) is 19.4 Å². The van der Waals surface area contributed by atoms with Gasteiger partial charge >= 0.3 is 5.69 Å². The summed E-state index contributed by atoms with van der Waals surface area (Å²) < 4.78 is 1.26. The summed E-state index contributed by atoms with van der Waals surface area (Å²) >= 11 is 0. The molecule has 0 aliphatic carbocycles. The number of hydrogen-bond donors (Lipinski definition) is 3. The van der Waals surface area contributed by atoms with Crippen molar-refractivity contribution in [2.75, 3.05) is 42.6 Å². The second kappa shape index (κ2) is 12.0. The van der Waals surface area contributed by atoms with Gasteiger partial charge in [0.05, 0.1) is 13.1 Å². The Kier molecular flexibility index (Phi) is 9.34. The number of aromatic nitrogens is 3. The van der Waals surface area contributed by atoms with E-state index in [1.54, 1.807) is 19.3 Å². The molecular formula is C22H33N7O4. The number of hydrogen-bond acceptors (Lipinski definition) is 7. The molecule has 180 valence electrons. The van der Waals surface area contributed by atoms with Crippen LogP contribution in [0.15, 0.2) is 27.9 Å². The lowest BCUT2D eigenvalue weighted by molar-refractivity contribution is -0.121. The highest BCUT2D eigenvalue weighted by atomic mass is 16.2. The zero-order valence-electron chi connectivity index (χ0n) is 19.7. The zero-order valence-corrected chi connectivity index (χ0v) is 19.7. The van der Waals surface area contributed by atoms with E-state index < -0.39 is 17.2 Å². The molecule has 0 aromatic carbocycles. The number of amides is 2. The predicted octanol–water partition coefficient (Wildman–Crippen LogP) is 0.936. The maximum absolute atomic E-state index is 13.1. The van der Waals surface area contributed by atoms with Gasteiger partial charge in [-0.15, -0.1) is 0 Å². The molecule has 11 nitrogen and oxygen atoms in total. The smallest absolute Gasteiger partial charge is 0.330 e. The molecule has 0 spiro atoms. The fourth-order valence-electron chi connectivity index (χ4n) is 3.30. The standard InChI is InChI=1S/C22H33N7O4/c1-5-7-11-28(19-20(23)29(10-6-2)22(33)26-21(19)32)18(31)14-27(4)13-17(30)25-16-9-8-15(3)12-24-16/h8-9,12H,5-7,10-11,13-14,23H2,1-4H3,(H,24,25,30)(H,26,32,33). The Hall–Kier alpha value is -3.47. The van der Waals surface area contributed by atoms with Crippen LogP contribution in [0, 0.1) is 6.92 Å². The highest BCUT2D eigenvalue weighted by molar-refractivity contribution is 5.97. The van der Waals surface area contributed by atoms with E-state index in [0.717, 1.165) is 12.0 Å². The van der Waals surface area contributed by atoms with E-state index in [1.807, 2.05) is 26.8 Å². The number of unbranched alkanes of at least 4 members (excludes halogenated alkanes) is 1. The monoisotopic (exact) mass is 459 g/mol. The van der Waals surface area contributed by atoms with E-state index in [4.69, 9.17) is 5.73 Å². The number of nitrogens with zero attached hydrogens (tertiary/aromatic N) is 4. The Morgan fingerprint density at radius 3 is 2.52 bits per heavy atom. The van der Waals surface area contributed by atoms with Crippen molar-refractivity contribution in [1.29, 1.82) is 0 Å². The number of nitrogen functional groups attached to an aromatic ring is 1. The molecule has 33 heavy (non-hydrogen) atoms. The first-order valence-corrected chi connectivity index (χ1v) is 11.0. The van der Waals surface area contributed by atoms with E-state index in [2.05, 4.69) is 15.3 Å². The van der Waals surface area contributed by atoms with Gasteiger partial charge in [0.1, 0.15) is 11.6 Å². The first kappa shape index (κ1) is 25.8. The Bertz CT molecular complexity index is 1080. The minimum absolute atomic E-state index is 0.0387. The quantitative estimate of drug-likeness (QED) is 0.453. The van der Waals surface area contributed by atoms with Crippen LogP contribution in [0.4, 0.5) is 17.3 Å². The Morgan fingerprint density at radius 2 is 1.91 bits per heavy atom. The van der Waals surface area contributed by atoms with E-state index in [9.17, 15) is 19.2 Å². The average molecular weight is 460 g/mol. The molecule has 0 saturated heterocycles. The normalized spacial score (nSPS) is 10.9. The lowest BCUT2D eigenvalue weighted by atomic mass is 10.2. The molecule has 2 rings (SSSR count). The number of nitrogens with two attached hydrogens (primary N) is 1. The second-order valence-electron chi connectivity index (χ2n) is 7.98. The zero-order chi connectivity index (χ0) is 24.5. The first-order valence-electron chi connectivity index (χ1n) is 11.0. The maximum Gasteiger partial charge on any atom is 0.330 e. The van der Waals surface area contributed by atoms with Crippen molar-refractivity contribution in [3.8, 4) is 0 Å². The summed E-state index contributed by atoms with van der Waals surface area (Å²) in [5.41, 5.74) is 5.77. The van der Waals surface area contributed by atoms with Crippen LogP contribution in [0.25, 0.3) is 0 Å². The average Bonchev–Trinajstić information content (AvgIpc) is 2.74. The molecule has 2 heterocycles. The number of aryl methyl sites for hydroxylation is 1. The molecule has 0 radical (unpaired) electrons. The van der Waals surface area contributed by atoms with Gasteiger partial charge in [0.25, 0.3) is 5.56 Å². The van der Waals surface area contributed by atoms with Gasteiger partial charge in [-0.3, -0.25) is 28.8 Å². The molecule has 0 atom stereocenters. The van der Waals surface area contributed by atoms with Gasteiger partial charge < -0.3 is 16.0 Å². The number of pyridine rings is 1. The molecule has 0 saturated carbocycles. The molecule has 11 heteroatoms. The number of carbonyl (C=O) groups excluding carboxylic acids is 2. The molecule has 0 aliphatic heterocycles. The highest BCUT2D eigenvalue weighted by Gasteiger charge is 2.25. The number of likely N-dealkylation sites (N-methyl/N-ethyl adjacent to an activating group) is 1. The molecule has 0 fully saturated rings. The van der Waals surface area contributed by atoms with Crippen LogP contribution >= 0.6 is 0 Å². The van der Waals surface area contributed by atoms with Crippen LogP contribution in [0.3, 0.4) is 0 Å². The van der Waals surface area contributed by atoms with E-state index in [-0.39, 0.29) is 37.0 Å². The molecule has 0 unspecified atom stereocenters. The third-order valence-corrected chi connectivity index (χ3v) is 4.97. The fourth-order valence-corrected chi connectivity index (χ4v) is 3.30. The number of carbonyl (C=O) groups is 2. The van der Waals surface area contributed by atoms with E-state index in [1.165, 1.54) is 14.4 Å². The summed E-state index contributed by atoms with van der Waals surface area (Å²) in [4.78, 5) is 59.4. The Balaban J connectivity index is 2.18. The van der Waals surface area contributed by atoms with Gasteiger partial charge in [-0.2, -0.15) is 0 Å². The largest absolute Gasteiger partial charge is 0.383 e. The van der Waals surface area contributed by atoms with Gasteiger partial charge in [-0.25, -0.2) is 9.78 Å². The highest BCUT2D eigenvalue weighted by Crippen LogP contribution is 2.18. The van der Waals surface area contributed by atoms with Crippen LogP contribution in [-0.4, -0.2) is 57.9 Å². The maximum atomic E-state index is 13.1. The summed E-state index contributed by atoms with van der Waals surface area (Å²) in [7, 11) is 1.63. The van der Waals surface area contributed by atoms with Gasteiger partial charge in [-0.1, -0.05) is 26.3 Å². The molecule has 2 amide bonds. The third kappa shape index (κ3) is 7.01. The van der Waals surface area contributed by atoms with Crippen molar-refractivity contribution in [3.05, 3.63) is 44.7 Å². The lowest BCUT2D eigenvalue weighted by Crippen LogP contribution is -2.46. The van der Waals surface area contributed by atoms with Crippen molar-refractivity contribution in [2.45, 2.75) is 46.6 Å². The molecular weight excluding hydrogens is 426 g/mol. The van der Waals surface area contributed by atoms with Crippen molar-refractivity contribution in [2.24, 2.45) is 0 Å². The summed E-state index contributed by atoms with van der Waals surface area (Å²) in [6.07, 6.45) is 3.71. The summed E-state index contributed by atoms with van der Waals surface area (Å²) in [5.74, 6) is -0.338. The number of anilines is 3. The third-order valence-electron chi connectivity index (χ3n) is 4.97. The van der Waals surface area contributed by atoms with Gasteiger partial charge in [0.2, 0.25) is 11.8 Å². The fraction of sp³-hybridized carbons (Fsp3) is 0.500. The Labute approximate surface area is 192 Å². The number of nitrogens with one attached hydrogen (secondary N) is 2. The molecule has 0 bridgehead atoms. The number of aromatic amines is 1. The minimum Gasteiger partial charge on any atom is -0.383 e. The van der Waals surface area contributed by atoms with Crippen molar-refractivity contribution in [3.63, 3.8) is 0 Å².